The predicted molar refractivity (Wildman–Crippen MR) is 38.3 cm³/mol. The van der Waals surface area contributed by atoms with Crippen molar-refractivity contribution in [1.29, 1.82) is 0 Å². The van der Waals surface area contributed by atoms with Crippen LogP contribution in [0, 0.1) is 0 Å². The summed E-state index contributed by atoms with van der Waals surface area (Å²) in [5.41, 5.74) is 0. The summed E-state index contributed by atoms with van der Waals surface area (Å²) in [7, 11) is 0. The number of nitrogens with one attached hydrogen (secondary N) is 1. The van der Waals surface area contributed by atoms with Crippen molar-refractivity contribution in [3.05, 3.63) is 12.2 Å². The standard InChI is InChI=1S/C8H13N/c1-2-4-8-6-5-7(3-1)9-8/h5-9H,1-4H2. The van der Waals surface area contributed by atoms with Crippen molar-refractivity contribution in [1.82, 2.24) is 5.32 Å². The summed E-state index contributed by atoms with van der Waals surface area (Å²) in [6.07, 6.45) is 10.2. The third-order valence-electron chi connectivity index (χ3n) is 2.28. The summed E-state index contributed by atoms with van der Waals surface area (Å²) in [6, 6.07) is 1.44. The van der Waals surface area contributed by atoms with Gasteiger partial charge in [0, 0.05) is 12.1 Å². The maximum absolute atomic E-state index is 3.54. The van der Waals surface area contributed by atoms with Crippen LogP contribution in [0.1, 0.15) is 25.7 Å². The quantitative estimate of drug-likeness (QED) is 0.481. The van der Waals surface area contributed by atoms with E-state index in [-0.39, 0.29) is 0 Å². The average molecular weight is 123 g/mol. The van der Waals surface area contributed by atoms with Gasteiger partial charge in [-0.15, -0.1) is 0 Å². The van der Waals surface area contributed by atoms with Gasteiger partial charge in [0.25, 0.3) is 0 Å². The second-order valence-electron chi connectivity index (χ2n) is 3.05. The van der Waals surface area contributed by atoms with Gasteiger partial charge in [-0.05, 0) is 12.8 Å². The van der Waals surface area contributed by atoms with Gasteiger partial charge in [0.2, 0.25) is 0 Å². The van der Waals surface area contributed by atoms with Crippen molar-refractivity contribution < 1.29 is 0 Å². The molecule has 2 aliphatic rings. The molecule has 2 bridgehead atoms. The lowest BCUT2D eigenvalue weighted by Gasteiger charge is -2.07. The number of rotatable bonds is 0. The third kappa shape index (κ3) is 1.01. The van der Waals surface area contributed by atoms with Crippen molar-refractivity contribution in [2.24, 2.45) is 0 Å². The molecule has 1 saturated heterocycles. The van der Waals surface area contributed by atoms with Crippen LogP contribution in [-0.4, -0.2) is 12.1 Å². The fourth-order valence-electron chi connectivity index (χ4n) is 1.74. The van der Waals surface area contributed by atoms with Crippen molar-refractivity contribution in [3.63, 3.8) is 0 Å². The van der Waals surface area contributed by atoms with Crippen molar-refractivity contribution in [3.8, 4) is 0 Å². The van der Waals surface area contributed by atoms with E-state index in [0.717, 1.165) is 12.1 Å². The molecule has 0 aromatic carbocycles. The van der Waals surface area contributed by atoms with E-state index in [4.69, 9.17) is 0 Å². The first-order chi connectivity index (χ1) is 4.45. The molecule has 2 unspecified atom stereocenters. The van der Waals surface area contributed by atoms with Gasteiger partial charge < -0.3 is 5.32 Å². The van der Waals surface area contributed by atoms with E-state index in [1.807, 2.05) is 0 Å². The van der Waals surface area contributed by atoms with Crippen LogP contribution >= 0.6 is 0 Å². The second-order valence-corrected chi connectivity index (χ2v) is 3.05. The Morgan fingerprint density at radius 1 is 1.00 bits per heavy atom. The Hall–Kier alpha value is -0.300. The highest BCUT2D eigenvalue weighted by molar-refractivity contribution is 5.09. The molecule has 1 nitrogen and oxygen atoms in total. The first kappa shape index (κ1) is 5.48. The Morgan fingerprint density at radius 2 is 1.56 bits per heavy atom. The fraction of sp³-hybridized carbons (Fsp3) is 0.750. The Balaban J connectivity index is 2.08. The number of hydrogen-bond acceptors (Lipinski definition) is 1. The maximum atomic E-state index is 3.54. The summed E-state index contributed by atoms with van der Waals surface area (Å²) in [5.74, 6) is 0. The van der Waals surface area contributed by atoms with Gasteiger partial charge in [-0.2, -0.15) is 0 Å². The largest absolute Gasteiger partial charge is 0.304 e. The summed E-state index contributed by atoms with van der Waals surface area (Å²) in [5, 5.41) is 3.54. The van der Waals surface area contributed by atoms with Gasteiger partial charge in [-0.1, -0.05) is 25.0 Å². The summed E-state index contributed by atoms with van der Waals surface area (Å²) in [4.78, 5) is 0. The molecule has 0 radical (unpaired) electrons. The molecule has 50 valence electrons. The first-order valence-electron chi connectivity index (χ1n) is 3.89. The molecule has 0 amide bonds. The van der Waals surface area contributed by atoms with Crippen LogP contribution in [0.4, 0.5) is 0 Å². The Bertz CT molecular complexity index is 115. The summed E-state index contributed by atoms with van der Waals surface area (Å²) in [6.45, 7) is 0. The molecule has 2 atom stereocenters. The van der Waals surface area contributed by atoms with Crippen LogP contribution in [0.15, 0.2) is 12.2 Å². The minimum Gasteiger partial charge on any atom is -0.304 e. The molecule has 1 N–H and O–H groups in total. The van der Waals surface area contributed by atoms with Crippen molar-refractivity contribution in [2.45, 2.75) is 37.8 Å². The molecular formula is C8H13N. The molecule has 1 heteroatoms. The maximum Gasteiger partial charge on any atom is 0.0256 e. The Kier molecular flexibility index (Phi) is 1.31. The molecule has 0 aliphatic carbocycles. The van der Waals surface area contributed by atoms with Crippen LogP contribution in [-0.2, 0) is 0 Å². The molecule has 2 aliphatic heterocycles. The summed E-state index contributed by atoms with van der Waals surface area (Å²) < 4.78 is 0. The molecule has 0 aromatic heterocycles. The highest BCUT2D eigenvalue weighted by atomic mass is 15.0. The van der Waals surface area contributed by atoms with E-state index in [9.17, 15) is 0 Å². The minimum atomic E-state index is 0.720. The Labute approximate surface area is 56.1 Å². The van der Waals surface area contributed by atoms with Crippen LogP contribution < -0.4 is 5.32 Å². The van der Waals surface area contributed by atoms with Crippen LogP contribution in [0.2, 0.25) is 0 Å². The molecule has 2 heterocycles. The lowest BCUT2D eigenvalue weighted by molar-refractivity contribution is 0.576. The zero-order chi connectivity index (χ0) is 6.10. The van der Waals surface area contributed by atoms with Gasteiger partial charge in [0.1, 0.15) is 0 Å². The highest BCUT2D eigenvalue weighted by Crippen LogP contribution is 2.19. The minimum absolute atomic E-state index is 0.720. The third-order valence-corrected chi connectivity index (χ3v) is 2.28. The normalized spacial score (nSPS) is 40.9. The van der Waals surface area contributed by atoms with E-state index < -0.39 is 0 Å². The fourth-order valence-corrected chi connectivity index (χ4v) is 1.74. The topological polar surface area (TPSA) is 12.0 Å². The van der Waals surface area contributed by atoms with E-state index in [1.165, 1.54) is 25.7 Å². The summed E-state index contributed by atoms with van der Waals surface area (Å²) >= 11 is 0. The smallest absolute Gasteiger partial charge is 0.0256 e. The van der Waals surface area contributed by atoms with E-state index >= 15 is 0 Å². The van der Waals surface area contributed by atoms with Gasteiger partial charge in [-0.25, -0.2) is 0 Å². The molecule has 0 spiro atoms. The molecular weight excluding hydrogens is 110 g/mol. The SMILES string of the molecule is C1=CC2CCCCC1N2. The van der Waals surface area contributed by atoms with E-state index in [1.54, 1.807) is 0 Å². The number of fused-ring (bicyclic) bond motifs is 2. The second kappa shape index (κ2) is 2.14. The lowest BCUT2D eigenvalue weighted by Crippen LogP contribution is -2.27. The van der Waals surface area contributed by atoms with Crippen molar-refractivity contribution >= 4 is 0 Å². The first-order valence-corrected chi connectivity index (χ1v) is 3.89. The zero-order valence-corrected chi connectivity index (χ0v) is 5.64. The highest BCUT2D eigenvalue weighted by Gasteiger charge is 2.19. The van der Waals surface area contributed by atoms with E-state index in [2.05, 4.69) is 17.5 Å². The van der Waals surface area contributed by atoms with Crippen molar-refractivity contribution in [2.75, 3.05) is 0 Å². The molecule has 9 heavy (non-hydrogen) atoms. The number of hydrogen-bond donors (Lipinski definition) is 1. The average Bonchev–Trinajstić information content (AvgIpc) is 2.09. The predicted octanol–water partition coefficient (Wildman–Crippen LogP) is 1.46. The zero-order valence-electron chi connectivity index (χ0n) is 5.64. The molecule has 1 fully saturated rings. The molecule has 2 rings (SSSR count). The van der Waals surface area contributed by atoms with Gasteiger partial charge >= 0.3 is 0 Å². The molecule has 0 aromatic rings. The Morgan fingerprint density at radius 3 is 2.11 bits per heavy atom. The van der Waals surface area contributed by atoms with Gasteiger partial charge in [0.15, 0.2) is 0 Å². The lowest BCUT2D eigenvalue weighted by atomic mass is 10.1. The van der Waals surface area contributed by atoms with Crippen LogP contribution in [0.25, 0.3) is 0 Å². The monoisotopic (exact) mass is 123 g/mol. The van der Waals surface area contributed by atoms with Gasteiger partial charge in [-0.3, -0.25) is 0 Å². The van der Waals surface area contributed by atoms with E-state index in [0.29, 0.717) is 0 Å². The molecule has 0 saturated carbocycles. The van der Waals surface area contributed by atoms with Crippen LogP contribution in [0.3, 0.4) is 0 Å². The van der Waals surface area contributed by atoms with Gasteiger partial charge in [0.05, 0.1) is 0 Å². The van der Waals surface area contributed by atoms with Crippen LogP contribution in [0.5, 0.6) is 0 Å².